The van der Waals surface area contributed by atoms with Gasteiger partial charge in [-0.25, -0.2) is 5.43 Å². The van der Waals surface area contributed by atoms with Gasteiger partial charge in [0.15, 0.2) is 0 Å². The zero-order valence-corrected chi connectivity index (χ0v) is 14.9. The summed E-state index contributed by atoms with van der Waals surface area (Å²) < 4.78 is 10.5. The van der Waals surface area contributed by atoms with E-state index in [2.05, 4.69) is 10.5 Å². The topological polar surface area (TPSA) is 59.9 Å². The summed E-state index contributed by atoms with van der Waals surface area (Å²) in [6.45, 7) is 1.96. The van der Waals surface area contributed by atoms with E-state index in [0.29, 0.717) is 11.3 Å². The van der Waals surface area contributed by atoms with Gasteiger partial charge < -0.3 is 9.47 Å². The van der Waals surface area contributed by atoms with E-state index >= 15 is 0 Å². The van der Waals surface area contributed by atoms with Gasteiger partial charge in [0.2, 0.25) is 0 Å². The molecule has 1 amide bonds. The summed E-state index contributed by atoms with van der Waals surface area (Å²) in [4.78, 5) is 12.5. The average Bonchev–Trinajstić information content (AvgIpc) is 2.67. The summed E-state index contributed by atoms with van der Waals surface area (Å²) in [6, 6.07) is 17.1. The Morgan fingerprint density at radius 2 is 1.73 bits per heavy atom. The number of hydrogen-bond acceptors (Lipinski definition) is 4. The van der Waals surface area contributed by atoms with Crippen LogP contribution in [0.4, 0.5) is 0 Å². The Morgan fingerprint density at radius 3 is 2.38 bits per heavy atom. The number of rotatable bonds is 5. The highest BCUT2D eigenvalue weighted by atomic mass is 16.5. The molecule has 3 rings (SSSR count). The predicted octanol–water partition coefficient (Wildman–Crippen LogP) is 3.93. The quantitative estimate of drug-likeness (QED) is 0.561. The minimum atomic E-state index is -0.324. The standard InChI is InChI=1S/C21H20N2O3/c1-14-10-18(25-2)9-8-17(14)13-22-23-21(24)19-11-15-6-4-5-7-16(15)12-20(19)26-3/h4-13H,1-3H3,(H,23,24)/b22-13-. The summed E-state index contributed by atoms with van der Waals surface area (Å²) in [5.41, 5.74) is 4.91. The molecule has 0 aliphatic heterocycles. The Hall–Kier alpha value is -3.34. The van der Waals surface area contributed by atoms with Gasteiger partial charge in [0.1, 0.15) is 11.5 Å². The maximum atomic E-state index is 12.5. The molecule has 0 aromatic heterocycles. The van der Waals surface area contributed by atoms with Crippen LogP contribution in [0.5, 0.6) is 11.5 Å². The second-order valence-corrected chi connectivity index (χ2v) is 5.82. The fourth-order valence-corrected chi connectivity index (χ4v) is 2.71. The molecule has 1 N–H and O–H groups in total. The van der Waals surface area contributed by atoms with Gasteiger partial charge in [-0.3, -0.25) is 4.79 Å². The molecule has 0 aliphatic rings. The number of fused-ring (bicyclic) bond motifs is 1. The molecule has 0 radical (unpaired) electrons. The normalized spacial score (nSPS) is 10.9. The summed E-state index contributed by atoms with van der Waals surface area (Å²) in [7, 11) is 3.17. The minimum Gasteiger partial charge on any atom is -0.497 e. The molecule has 3 aromatic carbocycles. The lowest BCUT2D eigenvalue weighted by Gasteiger charge is -2.09. The Morgan fingerprint density at radius 1 is 1.00 bits per heavy atom. The molecule has 3 aromatic rings. The first-order valence-electron chi connectivity index (χ1n) is 8.17. The van der Waals surface area contributed by atoms with Crippen LogP contribution >= 0.6 is 0 Å². The van der Waals surface area contributed by atoms with Crippen molar-refractivity contribution in [2.45, 2.75) is 6.92 Å². The third kappa shape index (κ3) is 3.67. The van der Waals surface area contributed by atoms with Crippen molar-refractivity contribution in [1.82, 2.24) is 5.43 Å². The van der Waals surface area contributed by atoms with Crippen molar-refractivity contribution < 1.29 is 14.3 Å². The first kappa shape index (κ1) is 17.5. The van der Waals surface area contributed by atoms with E-state index in [0.717, 1.165) is 27.6 Å². The summed E-state index contributed by atoms with van der Waals surface area (Å²) >= 11 is 0. The van der Waals surface area contributed by atoms with Crippen molar-refractivity contribution in [2.75, 3.05) is 14.2 Å². The summed E-state index contributed by atoms with van der Waals surface area (Å²) in [5, 5.41) is 6.05. The highest BCUT2D eigenvalue weighted by Crippen LogP contribution is 2.25. The third-order valence-electron chi connectivity index (χ3n) is 4.16. The van der Waals surface area contributed by atoms with Gasteiger partial charge in [-0.2, -0.15) is 5.10 Å². The molecular formula is C21H20N2O3. The predicted molar refractivity (Wildman–Crippen MR) is 103 cm³/mol. The van der Waals surface area contributed by atoms with E-state index in [-0.39, 0.29) is 5.91 Å². The molecule has 0 saturated carbocycles. The van der Waals surface area contributed by atoms with Gasteiger partial charge in [0, 0.05) is 0 Å². The lowest BCUT2D eigenvalue weighted by Crippen LogP contribution is -2.18. The van der Waals surface area contributed by atoms with E-state index < -0.39 is 0 Å². The molecule has 0 spiro atoms. The van der Waals surface area contributed by atoms with E-state index in [1.165, 1.54) is 0 Å². The van der Waals surface area contributed by atoms with Crippen LogP contribution in [0.15, 0.2) is 59.7 Å². The van der Waals surface area contributed by atoms with Crippen LogP contribution in [0.1, 0.15) is 21.5 Å². The maximum Gasteiger partial charge on any atom is 0.275 e. The molecule has 5 heteroatoms. The van der Waals surface area contributed by atoms with Crippen LogP contribution < -0.4 is 14.9 Å². The number of hydrogen-bond donors (Lipinski definition) is 1. The van der Waals surface area contributed by atoms with Crippen molar-refractivity contribution in [3.63, 3.8) is 0 Å². The SMILES string of the molecule is COc1ccc(/C=N\NC(=O)c2cc3ccccc3cc2OC)c(C)c1. The number of amides is 1. The van der Waals surface area contributed by atoms with Crippen molar-refractivity contribution in [3.05, 3.63) is 71.3 Å². The second-order valence-electron chi connectivity index (χ2n) is 5.82. The molecule has 0 unspecified atom stereocenters. The molecule has 0 fully saturated rings. The number of hydrazone groups is 1. The van der Waals surface area contributed by atoms with Gasteiger partial charge in [-0.1, -0.05) is 24.3 Å². The molecule has 26 heavy (non-hydrogen) atoms. The number of methoxy groups -OCH3 is 2. The van der Waals surface area contributed by atoms with Gasteiger partial charge in [-0.05, 0) is 59.2 Å². The number of ether oxygens (including phenoxy) is 2. The van der Waals surface area contributed by atoms with Crippen molar-refractivity contribution in [3.8, 4) is 11.5 Å². The zero-order valence-electron chi connectivity index (χ0n) is 14.9. The maximum absolute atomic E-state index is 12.5. The smallest absolute Gasteiger partial charge is 0.275 e. The van der Waals surface area contributed by atoms with Crippen molar-refractivity contribution in [2.24, 2.45) is 5.10 Å². The number of benzene rings is 3. The lowest BCUT2D eigenvalue weighted by molar-refractivity contribution is 0.0952. The van der Waals surface area contributed by atoms with Crippen LogP contribution in [0.25, 0.3) is 10.8 Å². The molecule has 5 nitrogen and oxygen atoms in total. The number of carbonyl (C=O) groups excluding carboxylic acids is 1. The van der Waals surface area contributed by atoms with Crippen LogP contribution in [-0.2, 0) is 0 Å². The molecule has 0 aliphatic carbocycles. The van der Waals surface area contributed by atoms with E-state index in [9.17, 15) is 4.79 Å². The number of aryl methyl sites for hydroxylation is 1. The monoisotopic (exact) mass is 348 g/mol. The minimum absolute atomic E-state index is 0.324. The second kappa shape index (κ2) is 7.70. The highest BCUT2D eigenvalue weighted by Gasteiger charge is 2.13. The number of nitrogens with zero attached hydrogens (tertiary/aromatic N) is 1. The van der Waals surface area contributed by atoms with E-state index in [1.54, 1.807) is 26.5 Å². The van der Waals surface area contributed by atoms with E-state index in [4.69, 9.17) is 9.47 Å². The number of carbonyl (C=O) groups is 1. The van der Waals surface area contributed by atoms with Crippen molar-refractivity contribution in [1.29, 1.82) is 0 Å². The Kier molecular flexibility index (Phi) is 5.17. The fourth-order valence-electron chi connectivity index (χ4n) is 2.71. The van der Waals surface area contributed by atoms with Gasteiger partial charge >= 0.3 is 0 Å². The van der Waals surface area contributed by atoms with Crippen LogP contribution in [0.2, 0.25) is 0 Å². The Labute approximate surface area is 152 Å². The van der Waals surface area contributed by atoms with Gasteiger partial charge in [0.05, 0.1) is 26.0 Å². The fraction of sp³-hybridized carbons (Fsp3) is 0.143. The number of nitrogens with one attached hydrogen (secondary N) is 1. The van der Waals surface area contributed by atoms with Crippen LogP contribution in [0.3, 0.4) is 0 Å². The first-order valence-corrected chi connectivity index (χ1v) is 8.17. The lowest BCUT2D eigenvalue weighted by atomic mass is 10.1. The zero-order chi connectivity index (χ0) is 18.5. The van der Waals surface area contributed by atoms with Gasteiger partial charge in [-0.15, -0.1) is 0 Å². The summed E-state index contributed by atoms with van der Waals surface area (Å²) in [6.07, 6.45) is 1.61. The van der Waals surface area contributed by atoms with Crippen LogP contribution in [-0.4, -0.2) is 26.3 Å². The first-order chi connectivity index (χ1) is 12.6. The molecular weight excluding hydrogens is 328 g/mol. The highest BCUT2D eigenvalue weighted by molar-refractivity contribution is 6.02. The average molecular weight is 348 g/mol. The summed E-state index contributed by atoms with van der Waals surface area (Å²) in [5.74, 6) is 0.969. The molecule has 0 atom stereocenters. The Balaban J connectivity index is 1.80. The van der Waals surface area contributed by atoms with Crippen LogP contribution in [0, 0.1) is 6.92 Å². The van der Waals surface area contributed by atoms with Crippen molar-refractivity contribution >= 4 is 22.9 Å². The van der Waals surface area contributed by atoms with E-state index in [1.807, 2.05) is 55.5 Å². The molecule has 132 valence electrons. The van der Waals surface area contributed by atoms with Gasteiger partial charge in [0.25, 0.3) is 5.91 Å². The molecule has 0 bridgehead atoms. The molecule has 0 saturated heterocycles. The Bertz CT molecular complexity index is 980. The third-order valence-corrected chi connectivity index (χ3v) is 4.16. The largest absolute Gasteiger partial charge is 0.497 e. The molecule has 0 heterocycles.